The van der Waals surface area contributed by atoms with E-state index in [2.05, 4.69) is 32.9 Å². The maximum absolute atomic E-state index is 12.9. The summed E-state index contributed by atoms with van der Waals surface area (Å²) in [6.07, 6.45) is 7.80. The number of ketones is 1. The van der Waals surface area contributed by atoms with Crippen LogP contribution in [0.15, 0.2) is 41.5 Å². The third kappa shape index (κ3) is 5.49. The lowest BCUT2D eigenvalue weighted by atomic mass is 9.77. The number of cyclic esters (lactones) is 1. The van der Waals surface area contributed by atoms with Crippen molar-refractivity contribution in [2.45, 2.75) is 65.9 Å². The van der Waals surface area contributed by atoms with Gasteiger partial charge in [-0.25, -0.2) is 0 Å². The number of hydrogen-bond acceptors (Lipinski definition) is 5. The number of Topliss-reactive ketones (excluding diaryl/α,β-unsaturated/α-hetero) is 1. The van der Waals surface area contributed by atoms with Gasteiger partial charge < -0.3 is 14.9 Å². The summed E-state index contributed by atoms with van der Waals surface area (Å²) in [5, 5.41) is 19.4. The number of aromatic hydroxyl groups is 2. The summed E-state index contributed by atoms with van der Waals surface area (Å²) in [4.78, 5) is 25.4. The number of esters is 1. The van der Waals surface area contributed by atoms with Crippen LogP contribution in [-0.2, 0) is 9.53 Å². The Labute approximate surface area is 173 Å². The highest BCUT2D eigenvalue weighted by atomic mass is 16.6. The second kappa shape index (κ2) is 9.29. The molecule has 5 heteroatoms. The molecule has 0 saturated carbocycles. The molecule has 1 aromatic rings. The predicted octanol–water partition coefficient (Wildman–Crippen LogP) is 5.32. The van der Waals surface area contributed by atoms with Crippen molar-refractivity contribution in [3.63, 3.8) is 0 Å². The van der Waals surface area contributed by atoms with E-state index in [-0.39, 0.29) is 23.0 Å². The Balaban J connectivity index is 2.05. The molecular formula is C24H32O5. The zero-order chi connectivity index (χ0) is 21.8. The van der Waals surface area contributed by atoms with Crippen molar-refractivity contribution >= 4 is 11.8 Å². The van der Waals surface area contributed by atoms with Crippen LogP contribution in [-0.4, -0.2) is 27.6 Å². The van der Waals surface area contributed by atoms with Crippen molar-refractivity contribution in [2.24, 2.45) is 11.8 Å². The molecule has 1 heterocycles. The van der Waals surface area contributed by atoms with Gasteiger partial charge in [-0.05, 0) is 65.5 Å². The van der Waals surface area contributed by atoms with Crippen molar-refractivity contribution in [2.75, 3.05) is 0 Å². The normalized spacial score (nSPS) is 24.3. The molecule has 2 rings (SSSR count). The second-order valence-corrected chi connectivity index (χ2v) is 8.48. The first-order valence-corrected chi connectivity index (χ1v) is 10.1. The lowest BCUT2D eigenvalue weighted by molar-refractivity contribution is -0.149. The number of benzene rings is 1. The van der Waals surface area contributed by atoms with Crippen LogP contribution in [0.2, 0.25) is 0 Å². The second-order valence-electron chi connectivity index (χ2n) is 8.48. The first-order chi connectivity index (χ1) is 13.5. The molecule has 158 valence electrons. The van der Waals surface area contributed by atoms with Crippen LogP contribution >= 0.6 is 0 Å². The third-order valence-corrected chi connectivity index (χ3v) is 5.80. The summed E-state index contributed by atoms with van der Waals surface area (Å²) >= 11 is 0. The molecule has 29 heavy (non-hydrogen) atoms. The van der Waals surface area contributed by atoms with Gasteiger partial charge in [-0.2, -0.15) is 0 Å². The number of ether oxygens (including phenoxy) is 1. The van der Waals surface area contributed by atoms with Crippen LogP contribution in [0.3, 0.4) is 0 Å². The van der Waals surface area contributed by atoms with Crippen LogP contribution in [0, 0.1) is 11.8 Å². The average molecular weight is 401 g/mol. The molecule has 1 saturated heterocycles. The lowest BCUT2D eigenvalue weighted by Crippen LogP contribution is -2.33. The van der Waals surface area contributed by atoms with Gasteiger partial charge >= 0.3 is 5.97 Å². The minimum atomic E-state index is -0.960. The minimum absolute atomic E-state index is 0.0239. The number of carbonyl (C=O) groups is 2. The highest BCUT2D eigenvalue weighted by molar-refractivity contribution is 6.11. The monoisotopic (exact) mass is 400 g/mol. The van der Waals surface area contributed by atoms with E-state index in [1.54, 1.807) is 0 Å². The largest absolute Gasteiger partial charge is 0.508 e. The quantitative estimate of drug-likeness (QED) is 0.267. The zero-order valence-electron chi connectivity index (χ0n) is 18.0. The van der Waals surface area contributed by atoms with Crippen LogP contribution in [0.25, 0.3) is 0 Å². The number of phenols is 2. The van der Waals surface area contributed by atoms with Gasteiger partial charge in [0.2, 0.25) is 0 Å². The minimum Gasteiger partial charge on any atom is -0.508 e. The molecule has 0 radical (unpaired) electrons. The average Bonchev–Trinajstić information content (AvgIpc) is 2.83. The molecule has 5 nitrogen and oxygen atoms in total. The molecule has 0 amide bonds. The highest BCUT2D eigenvalue weighted by Gasteiger charge is 2.53. The summed E-state index contributed by atoms with van der Waals surface area (Å²) in [6, 6.07) is 3.75. The topological polar surface area (TPSA) is 83.8 Å². The molecule has 1 aliphatic rings. The molecule has 1 aliphatic heterocycles. The molecular weight excluding hydrogens is 368 g/mol. The Bertz CT molecular complexity index is 832. The number of allylic oxidation sites excluding steroid dienone is 4. The van der Waals surface area contributed by atoms with Crippen molar-refractivity contribution in [3.05, 3.63) is 47.1 Å². The van der Waals surface area contributed by atoms with Crippen LogP contribution in [0.5, 0.6) is 11.5 Å². The van der Waals surface area contributed by atoms with Gasteiger partial charge in [-0.3, -0.25) is 9.59 Å². The first kappa shape index (κ1) is 22.7. The van der Waals surface area contributed by atoms with Crippen LogP contribution < -0.4 is 0 Å². The van der Waals surface area contributed by atoms with Gasteiger partial charge in [0, 0.05) is 12.0 Å². The fourth-order valence-corrected chi connectivity index (χ4v) is 3.75. The lowest BCUT2D eigenvalue weighted by Gasteiger charge is -2.28. The maximum atomic E-state index is 12.9. The Morgan fingerprint density at radius 3 is 2.48 bits per heavy atom. The van der Waals surface area contributed by atoms with E-state index in [9.17, 15) is 19.8 Å². The highest BCUT2D eigenvalue weighted by Crippen LogP contribution is 2.42. The number of rotatable bonds is 8. The molecule has 0 unspecified atom stereocenters. The molecule has 1 fully saturated rings. The van der Waals surface area contributed by atoms with Crippen LogP contribution in [0.4, 0.5) is 0 Å². The summed E-state index contributed by atoms with van der Waals surface area (Å²) in [5.74, 6) is -2.79. The van der Waals surface area contributed by atoms with Crippen molar-refractivity contribution in [1.29, 1.82) is 0 Å². The van der Waals surface area contributed by atoms with Gasteiger partial charge in [-0.1, -0.05) is 30.2 Å². The first-order valence-electron chi connectivity index (χ1n) is 10.1. The van der Waals surface area contributed by atoms with Crippen molar-refractivity contribution < 1.29 is 24.5 Å². The third-order valence-electron chi connectivity index (χ3n) is 5.80. The number of phenolic OH excluding ortho intramolecular Hbond substituents is 2. The van der Waals surface area contributed by atoms with Crippen molar-refractivity contribution in [1.82, 2.24) is 0 Å². The summed E-state index contributed by atoms with van der Waals surface area (Å²) in [6.45, 7) is 9.99. The zero-order valence-corrected chi connectivity index (χ0v) is 18.0. The van der Waals surface area contributed by atoms with Gasteiger partial charge in [0.25, 0.3) is 0 Å². The SMILES string of the molecule is CC(C)=CCC/C(C)=C/CC[C@@]1(C)OC(=O)[C@H](C(=O)c2ccc(O)cc2O)[C@H]1C. The van der Waals surface area contributed by atoms with Gasteiger partial charge in [0.1, 0.15) is 23.0 Å². The van der Waals surface area contributed by atoms with E-state index in [1.807, 2.05) is 13.8 Å². The predicted molar refractivity (Wildman–Crippen MR) is 113 cm³/mol. The van der Waals surface area contributed by atoms with Gasteiger partial charge in [0.05, 0.1) is 5.56 Å². The summed E-state index contributed by atoms with van der Waals surface area (Å²) < 4.78 is 5.64. The van der Waals surface area contributed by atoms with Gasteiger partial charge in [-0.15, -0.1) is 0 Å². The number of carbonyl (C=O) groups excluding carboxylic acids is 2. The van der Waals surface area contributed by atoms with E-state index in [0.29, 0.717) is 6.42 Å². The van der Waals surface area contributed by atoms with E-state index in [1.165, 1.54) is 23.3 Å². The Morgan fingerprint density at radius 2 is 1.86 bits per heavy atom. The molecule has 0 bridgehead atoms. The fraction of sp³-hybridized carbons (Fsp3) is 0.500. The molecule has 0 spiro atoms. The van der Waals surface area contributed by atoms with Gasteiger partial charge in [0.15, 0.2) is 5.78 Å². The maximum Gasteiger partial charge on any atom is 0.317 e. The Kier molecular flexibility index (Phi) is 7.28. The van der Waals surface area contributed by atoms with E-state index in [0.717, 1.165) is 25.3 Å². The van der Waals surface area contributed by atoms with E-state index < -0.39 is 23.3 Å². The van der Waals surface area contributed by atoms with E-state index in [4.69, 9.17) is 4.74 Å². The molecule has 0 aromatic heterocycles. The van der Waals surface area contributed by atoms with E-state index >= 15 is 0 Å². The molecule has 3 atom stereocenters. The fourth-order valence-electron chi connectivity index (χ4n) is 3.75. The van der Waals surface area contributed by atoms with Crippen molar-refractivity contribution in [3.8, 4) is 11.5 Å². The number of hydrogen-bond donors (Lipinski definition) is 2. The Hall–Kier alpha value is -2.56. The summed E-state index contributed by atoms with van der Waals surface area (Å²) in [5.41, 5.74) is 1.90. The van der Waals surface area contributed by atoms with Crippen LogP contribution in [0.1, 0.15) is 70.7 Å². The molecule has 0 aliphatic carbocycles. The Morgan fingerprint density at radius 1 is 1.17 bits per heavy atom. The molecule has 1 aromatic carbocycles. The standard InChI is InChI=1S/C24H32O5/c1-15(2)8-6-9-16(3)10-7-13-24(5)17(4)21(23(28)29-24)22(27)19-12-11-18(25)14-20(19)26/h8,10-12,14,17,21,25-26H,6-7,9,13H2,1-5H3/b16-10+/t17-,21+,24-/m1/s1. The smallest absolute Gasteiger partial charge is 0.317 e. The molecule has 2 N–H and O–H groups in total. The summed E-state index contributed by atoms with van der Waals surface area (Å²) in [7, 11) is 0.